The van der Waals surface area contributed by atoms with Crippen LogP contribution in [0.15, 0.2) is 41.2 Å². The molecule has 2 aromatic carbocycles. The van der Waals surface area contributed by atoms with Crippen molar-refractivity contribution in [1.29, 1.82) is 0 Å². The van der Waals surface area contributed by atoms with Crippen LogP contribution < -0.4 is 16.2 Å². The van der Waals surface area contributed by atoms with Crippen LogP contribution in [0.5, 0.6) is 0 Å². The second-order valence-electron chi connectivity index (χ2n) is 9.66. The average molecular weight is 477 g/mol. The van der Waals surface area contributed by atoms with Crippen LogP contribution in [-0.2, 0) is 4.74 Å². The Kier molecular flexibility index (Phi) is 5.46. The van der Waals surface area contributed by atoms with Crippen molar-refractivity contribution in [2.24, 2.45) is 0 Å². The minimum Gasteiger partial charge on any atom is -0.397 e. The van der Waals surface area contributed by atoms with Crippen LogP contribution in [0.2, 0.25) is 0 Å². The Balaban J connectivity index is 1.33. The third-order valence-electron chi connectivity index (χ3n) is 7.23. The molecule has 2 aromatic heterocycles. The third-order valence-corrected chi connectivity index (χ3v) is 7.23. The first kappa shape index (κ1) is 22.1. The summed E-state index contributed by atoms with van der Waals surface area (Å²) in [6, 6.07) is 10.8. The molecule has 0 spiro atoms. The molecule has 2 fully saturated rings. The van der Waals surface area contributed by atoms with Crippen LogP contribution >= 0.6 is 0 Å². The number of fused-ring (bicyclic) bond motifs is 2. The molecule has 182 valence electrons. The molecule has 0 amide bonds. The van der Waals surface area contributed by atoms with Crippen LogP contribution in [-0.4, -0.2) is 64.8 Å². The van der Waals surface area contributed by atoms with Gasteiger partial charge in [-0.3, -0.25) is 4.79 Å². The predicted octanol–water partition coefficient (Wildman–Crippen LogP) is 3.48. The van der Waals surface area contributed by atoms with Crippen molar-refractivity contribution in [2.45, 2.75) is 31.9 Å². The molecular weight excluding hydrogens is 447 g/mol. The maximum atomic E-state index is 14.5. The highest BCUT2D eigenvalue weighted by atomic mass is 19.1. The molecule has 0 bridgehead atoms. The van der Waals surface area contributed by atoms with Gasteiger partial charge in [0.2, 0.25) is 0 Å². The summed E-state index contributed by atoms with van der Waals surface area (Å²) in [6.07, 6.45) is 2.70. The first-order chi connectivity index (χ1) is 17.0. The van der Waals surface area contributed by atoms with E-state index in [1.165, 1.54) is 25.0 Å². The van der Waals surface area contributed by atoms with E-state index >= 15 is 0 Å². The summed E-state index contributed by atoms with van der Waals surface area (Å²) < 4.78 is 20.6. The highest BCUT2D eigenvalue weighted by Gasteiger charge is 2.29. The number of hydrogen-bond donors (Lipinski definition) is 3. The molecule has 0 aliphatic carbocycles. The number of nitrogen functional groups attached to an aromatic ring is 1. The average Bonchev–Trinajstić information content (AvgIpc) is 3.49. The number of H-pyrrole nitrogens is 2. The van der Waals surface area contributed by atoms with Crippen LogP contribution in [0, 0.1) is 5.82 Å². The summed E-state index contributed by atoms with van der Waals surface area (Å²) >= 11 is 0. The zero-order chi connectivity index (χ0) is 24.1. The van der Waals surface area contributed by atoms with E-state index in [2.05, 4.69) is 37.7 Å². The van der Waals surface area contributed by atoms with Gasteiger partial charge in [-0.15, -0.1) is 0 Å². The molecule has 2 saturated heterocycles. The molecule has 4 heterocycles. The van der Waals surface area contributed by atoms with Gasteiger partial charge in [0.15, 0.2) is 0 Å². The second kappa shape index (κ2) is 8.66. The van der Waals surface area contributed by atoms with Crippen molar-refractivity contribution in [3.05, 3.63) is 52.6 Å². The lowest BCUT2D eigenvalue weighted by atomic mass is 10.1. The number of nitrogens with two attached hydrogens (primary N) is 1. The third kappa shape index (κ3) is 3.94. The molecule has 9 heteroatoms. The number of aromatic amines is 2. The van der Waals surface area contributed by atoms with E-state index in [9.17, 15) is 9.18 Å². The van der Waals surface area contributed by atoms with E-state index < -0.39 is 11.4 Å². The van der Waals surface area contributed by atoms with Gasteiger partial charge in [-0.1, -0.05) is 6.07 Å². The lowest BCUT2D eigenvalue weighted by Gasteiger charge is -2.40. The number of likely N-dealkylation sites (tertiary alicyclic amines) is 1. The number of nitrogens with one attached hydrogen (secondary N) is 2. The van der Waals surface area contributed by atoms with E-state index in [0.29, 0.717) is 23.5 Å². The molecule has 4 N–H and O–H groups in total. The second-order valence-corrected chi connectivity index (χ2v) is 9.66. The minimum atomic E-state index is -0.485. The summed E-state index contributed by atoms with van der Waals surface area (Å²) in [7, 11) is 0. The first-order valence-electron chi connectivity index (χ1n) is 12.2. The zero-order valence-electron chi connectivity index (χ0n) is 19.7. The van der Waals surface area contributed by atoms with E-state index in [4.69, 9.17) is 10.5 Å². The van der Waals surface area contributed by atoms with Crippen LogP contribution in [0.4, 0.5) is 15.8 Å². The Bertz CT molecular complexity index is 1460. The van der Waals surface area contributed by atoms with Crippen molar-refractivity contribution in [3.8, 4) is 11.4 Å². The molecule has 2 atom stereocenters. The molecule has 2 aliphatic heterocycles. The lowest BCUT2D eigenvalue weighted by Crippen LogP contribution is -2.51. The van der Waals surface area contributed by atoms with E-state index in [0.717, 1.165) is 37.4 Å². The van der Waals surface area contributed by atoms with Gasteiger partial charge in [0.05, 0.1) is 40.3 Å². The highest BCUT2D eigenvalue weighted by Crippen LogP contribution is 2.31. The highest BCUT2D eigenvalue weighted by molar-refractivity contribution is 5.98. The van der Waals surface area contributed by atoms with Gasteiger partial charge in [0, 0.05) is 24.8 Å². The normalized spacial score (nSPS) is 21.4. The van der Waals surface area contributed by atoms with E-state index in [-0.39, 0.29) is 28.8 Å². The Morgan fingerprint density at radius 1 is 1.17 bits per heavy atom. The van der Waals surface area contributed by atoms with Gasteiger partial charge in [-0.25, -0.2) is 9.37 Å². The zero-order valence-corrected chi connectivity index (χ0v) is 19.7. The first-order valence-corrected chi connectivity index (χ1v) is 12.2. The Morgan fingerprint density at radius 2 is 2.00 bits per heavy atom. The molecule has 8 nitrogen and oxygen atoms in total. The SMILES string of the molecule is C[C@@H]1CO[C@H](CN2CCCC2)CN1c1ccc2nc(-c3c(N)c4c(F)cccc4[nH]c3=O)[nH]c2c1. The largest absolute Gasteiger partial charge is 0.397 e. The fourth-order valence-corrected chi connectivity index (χ4v) is 5.40. The van der Waals surface area contributed by atoms with Gasteiger partial charge in [0.25, 0.3) is 5.56 Å². The monoisotopic (exact) mass is 476 g/mol. The Labute approximate surface area is 201 Å². The number of rotatable bonds is 4. The van der Waals surface area contributed by atoms with Crippen molar-refractivity contribution < 1.29 is 9.13 Å². The van der Waals surface area contributed by atoms with Crippen molar-refractivity contribution in [3.63, 3.8) is 0 Å². The number of aromatic nitrogens is 3. The van der Waals surface area contributed by atoms with E-state index in [1.54, 1.807) is 6.07 Å². The van der Waals surface area contributed by atoms with Crippen LogP contribution in [0.1, 0.15) is 19.8 Å². The number of morpholine rings is 1. The molecule has 0 unspecified atom stereocenters. The van der Waals surface area contributed by atoms with Crippen LogP contribution in [0.25, 0.3) is 33.3 Å². The number of ether oxygens (including phenoxy) is 1. The summed E-state index contributed by atoms with van der Waals surface area (Å²) in [6.45, 7) is 6.93. The molecule has 4 aromatic rings. The predicted molar refractivity (Wildman–Crippen MR) is 136 cm³/mol. The van der Waals surface area contributed by atoms with Gasteiger partial charge >= 0.3 is 0 Å². The topological polar surface area (TPSA) is 103 Å². The smallest absolute Gasteiger partial charge is 0.261 e. The van der Waals surface area contributed by atoms with Crippen molar-refractivity contribution in [2.75, 3.05) is 43.4 Å². The maximum Gasteiger partial charge on any atom is 0.261 e. The van der Waals surface area contributed by atoms with Gasteiger partial charge in [-0.2, -0.15) is 0 Å². The summed E-state index contributed by atoms with van der Waals surface area (Å²) in [5.74, 6) is -0.163. The maximum absolute atomic E-state index is 14.5. The summed E-state index contributed by atoms with van der Waals surface area (Å²) in [4.78, 5) is 28.3. The summed E-state index contributed by atoms with van der Waals surface area (Å²) in [5.41, 5.74) is 9.02. The number of halogens is 1. The van der Waals surface area contributed by atoms with Gasteiger partial charge < -0.3 is 30.2 Å². The fraction of sp³-hybridized carbons (Fsp3) is 0.385. The van der Waals surface area contributed by atoms with Gasteiger partial charge in [-0.05, 0) is 63.2 Å². The van der Waals surface area contributed by atoms with Crippen molar-refractivity contribution in [1.82, 2.24) is 19.9 Å². The van der Waals surface area contributed by atoms with Crippen molar-refractivity contribution >= 4 is 33.3 Å². The molecule has 6 rings (SSSR count). The summed E-state index contributed by atoms with van der Waals surface area (Å²) in [5, 5.41) is 0.189. The molecule has 0 saturated carbocycles. The molecule has 35 heavy (non-hydrogen) atoms. The minimum absolute atomic E-state index is 0.0766. The quantitative estimate of drug-likeness (QED) is 0.417. The fourth-order valence-electron chi connectivity index (χ4n) is 5.40. The number of pyridine rings is 1. The van der Waals surface area contributed by atoms with Crippen LogP contribution in [0.3, 0.4) is 0 Å². The molecular formula is C26H29FN6O2. The van der Waals surface area contributed by atoms with Gasteiger partial charge in [0.1, 0.15) is 17.2 Å². The standard InChI is InChI=1S/C26H29FN6O2/c1-15-14-35-17(12-32-9-2-3-10-32)13-33(15)16-7-8-19-21(11-16)30-25(29-19)23-24(28)22-18(27)5-4-6-20(22)31-26(23)34/h4-8,11,15,17H,2-3,9-10,12-14H2,1H3,(H,29,30)(H3,28,31,34)/t15-,17-/m1/s1. The lowest BCUT2D eigenvalue weighted by molar-refractivity contribution is 0.00482. The molecule has 2 aliphatic rings. The number of anilines is 2. The van der Waals surface area contributed by atoms with E-state index in [1.807, 2.05) is 12.1 Å². The number of nitrogens with zero attached hydrogens (tertiary/aromatic N) is 3. The Hall–Kier alpha value is -3.43. The number of hydrogen-bond acceptors (Lipinski definition) is 6. The molecule has 0 radical (unpaired) electrons. The number of imidazole rings is 1. The Morgan fingerprint density at radius 3 is 2.83 bits per heavy atom. The number of benzene rings is 2.